The predicted octanol–water partition coefficient (Wildman–Crippen LogP) is 4.89. The molecule has 22 heavy (non-hydrogen) atoms. The van der Waals surface area contributed by atoms with Gasteiger partial charge in [-0.3, -0.25) is 0 Å². The number of rotatable bonds is 3. The van der Waals surface area contributed by atoms with Crippen LogP contribution >= 0.6 is 0 Å². The lowest BCUT2D eigenvalue weighted by atomic mass is 9.99. The fourth-order valence-corrected chi connectivity index (χ4v) is 2.86. The molecule has 112 valence electrons. The van der Waals surface area contributed by atoms with Crippen molar-refractivity contribution in [2.75, 3.05) is 0 Å². The molecule has 0 aliphatic rings. The molecule has 3 aromatic rings. The normalized spacial score (nSPS) is 11.0. The van der Waals surface area contributed by atoms with E-state index in [1.54, 1.807) is 0 Å². The van der Waals surface area contributed by atoms with Gasteiger partial charge in [0, 0.05) is 5.39 Å². The molecule has 0 atom stereocenters. The van der Waals surface area contributed by atoms with E-state index < -0.39 is 0 Å². The Morgan fingerprint density at radius 1 is 0.955 bits per heavy atom. The van der Waals surface area contributed by atoms with Gasteiger partial charge < -0.3 is 4.42 Å². The molecule has 2 nitrogen and oxygen atoms in total. The summed E-state index contributed by atoms with van der Waals surface area (Å²) in [5, 5.41) is 1.03. The van der Waals surface area contributed by atoms with E-state index in [4.69, 9.17) is 4.42 Å². The second-order valence-electron chi connectivity index (χ2n) is 5.69. The Bertz CT molecular complexity index is 871. The van der Waals surface area contributed by atoms with E-state index >= 15 is 0 Å². The Morgan fingerprint density at radius 3 is 2.32 bits per heavy atom. The van der Waals surface area contributed by atoms with Crippen LogP contribution in [0.1, 0.15) is 30.5 Å². The summed E-state index contributed by atoms with van der Waals surface area (Å²) in [6, 6.07) is 14.2. The van der Waals surface area contributed by atoms with Gasteiger partial charge in [0.15, 0.2) is 0 Å². The summed E-state index contributed by atoms with van der Waals surface area (Å²) >= 11 is 0. The minimum atomic E-state index is -0.274. The van der Waals surface area contributed by atoms with Gasteiger partial charge in [0.2, 0.25) is 0 Å². The number of benzene rings is 2. The molecule has 0 aliphatic heterocycles. The zero-order valence-corrected chi connectivity index (χ0v) is 13.3. The lowest BCUT2D eigenvalue weighted by molar-refractivity contribution is 0.563. The first kappa shape index (κ1) is 14.6. The molecular formula is C20H20O2. The van der Waals surface area contributed by atoms with Crippen LogP contribution < -0.4 is 5.63 Å². The van der Waals surface area contributed by atoms with E-state index in [2.05, 4.69) is 32.0 Å². The first-order chi connectivity index (χ1) is 10.6. The predicted molar refractivity (Wildman–Crippen MR) is 91.4 cm³/mol. The van der Waals surface area contributed by atoms with Crippen molar-refractivity contribution in [2.24, 2.45) is 0 Å². The highest BCUT2D eigenvalue weighted by molar-refractivity contribution is 5.85. The van der Waals surface area contributed by atoms with Gasteiger partial charge in [-0.25, -0.2) is 4.79 Å². The third-order valence-electron chi connectivity index (χ3n) is 4.14. The lowest BCUT2D eigenvalue weighted by Crippen LogP contribution is -2.03. The van der Waals surface area contributed by atoms with Gasteiger partial charge in [0.05, 0.1) is 5.56 Å². The van der Waals surface area contributed by atoms with Gasteiger partial charge in [-0.1, -0.05) is 44.2 Å². The van der Waals surface area contributed by atoms with Crippen molar-refractivity contribution in [3.63, 3.8) is 0 Å². The van der Waals surface area contributed by atoms with Crippen molar-refractivity contribution in [1.29, 1.82) is 0 Å². The zero-order valence-electron chi connectivity index (χ0n) is 13.3. The highest BCUT2D eigenvalue weighted by Gasteiger charge is 2.10. The van der Waals surface area contributed by atoms with E-state index in [-0.39, 0.29) is 5.63 Å². The van der Waals surface area contributed by atoms with E-state index in [9.17, 15) is 4.79 Å². The maximum Gasteiger partial charge on any atom is 0.344 e. The van der Waals surface area contributed by atoms with E-state index in [0.29, 0.717) is 11.1 Å². The summed E-state index contributed by atoms with van der Waals surface area (Å²) in [4.78, 5) is 12.3. The molecule has 0 fully saturated rings. The molecule has 0 aliphatic carbocycles. The van der Waals surface area contributed by atoms with Crippen LogP contribution in [0.25, 0.3) is 22.1 Å². The van der Waals surface area contributed by atoms with E-state index in [1.165, 1.54) is 11.1 Å². The number of hydrogen-bond donors (Lipinski definition) is 0. The second-order valence-corrected chi connectivity index (χ2v) is 5.69. The molecule has 1 heterocycles. The third-order valence-corrected chi connectivity index (χ3v) is 4.14. The van der Waals surface area contributed by atoms with Gasteiger partial charge in [-0.2, -0.15) is 0 Å². The van der Waals surface area contributed by atoms with Crippen molar-refractivity contribution in [3.8, 4) is 11.1 Å². The Kier molecular flexibility index (Phi) is 3.84. The molecule has 2 aromatic carbocycles. The minimum absolute atomic E-state index is 0.274. The van der Waals surface area contributed by atoms with Gasteiger partial charge >= 0.3 is 5.63 Å². The van der Waals surface area contributed by atoms with Crippen LogP contribution in [-0.4, -0.2) is 0 Å². The molecule has 0 unspecified atom stereocenters. The molecule has 0 saturated heterocycles. The fourth-order valence-electron chi connectivity index (χ4n) is 2.86. The summed E-state index contributed by atoms with van der Waals surface area (Å²) < 4.78 is 5.57. The summed E-state index contributed by atoms with van der Waals surface area (Å²) in [6.07, 6.45) is 1.91. The largest absolute Gasteiger partial charge is 0.422 e. The quantitative estimate of drug-likeness (QED) is 0.643. The maximum absolute atomic E-state index is 12.3. The van der Waals surface area contributed by atoms with Gasteiger partial charge in [0.1, 0.15) is 5.58 Å². The average molecular weight is 292 g/mol. The van der Waals surface area contributed by atoms with Crippen molar-refractivity contribution in [2.45, 2.75) is 33.6 Å². The van der Waals surface area contributed by atoms with Gasteiger partial charge in [-0.05, 0) is 54.2 Å². The molecule has 0 amide bonds. The van der Waals surface area contributed by atoms with Crippen LogP contribution in [0.15, 0.2) is 51.7 Å². The van der Waals surface area contributed by atoms with Crippen LogP contribution in [0.2, 0.25) is 0 Å². The van der Waals surface area contributed by atoms with Crippen molar-refractivity contribution < 1.29 is 4.42 Å². The number of fused-ring (bicyclic) bond motifs is 1. The van der Waals surface area contributed by atoms with Crippen LogP contribution in [0.4, 0.5) is 0 Å². The zero-order chi connectivity index (χ0) is 15.7. The Morgan fingerprint density at radius 2 is 1.68 bits per heavy atom. The van der Waals surface area contributed by atoms with Crippen LogP contribution in [0.3, 0.4) is 0 Å². The molecule has 2 heteroatoms. The second kappa shape index (κ2) is 5.80. The smallest absolute Gasteiger partial charge is 0.344 e. The minimum Gasteiger partial charge on any atom is -0.422 e. The van der Waals surface area contributed by atoms with Crippen LogP contribution in [0, 0.1) is 6.92 Å². The molecule has 3 rings (SSSR count). The van der Waals surface area contributed by atoms with Gasteiger partial charge in [0.25, 0.3) is 0 Å². The third kappa shape index (κ3) is 2.57. The van der Waals surface area contributed by atoms with Crippen molar-refractivity contribution >= 4 is 11.0 Å². The molecular weight excluding hydrogens is 272 g/mol. The summed E-state index contributed by atoms with van der Waals surface area (Å²) in [5.41, 5.74) is 5.54. The molecule has 1 aromatic heterocycles. The number of hydrogen-bond acceptors (Lipinski definition) is 2. The fraction of sp³-hybridized carbons (Fsp3) is 0.250. The molecule has 0 spiro atoms. The standard InChI is InChI=1S/C20H20O2/c1-4-14-6-8-16(9-7-14)18-12-17-15(5-2)10-13(3)11-19(17)22-20(18)21/h6-12H,4-5H2,1-3H3. The summed E-state index contributed by atoms with van der Waals surface area (Å²) in [5.74, 6) is 0. The van der Waals surface area contributed by atoms with E-state index in [1.807, 2.05) is 31.2 Å². The Balaban J connectivity index is 2.23. The molecule has 0 bridgehead atoms. The van der Waals surface area contributed by atoms with Crippen molar-refractivity contribution in [3.05, 3.63) is 69.6 Å². The summed E-state index contributed by atoms with van der Waals surface area (Å²) in [6.45, 7) is 6.26. The Labute approximate surface area is 130 Å². The average Bonchev–Trinajstić information content (AvgIpc) is 2.53. The molecule has 0 radical (unpaired) electrons. The monoisotopic (exact) mass is 292 g/mol. The molecule has 0 saturated carbocycles. The highest BCUT2D eigenvalue weighted by atomic mass is 16.4. The first-order valence-corrected chi connectivity index (χ1v) is 7.79. The number of aryl methyl sites for hydroxylation is 3. The van der Waals surface area contributed by atoms with Crippen LogP contribution in [0.5, 0.6) is 0 Å². The first-order valence-electron chi connectivity index (χ1n) is 7.79. The van der Waals surface area contributed by atoms with Gasteiger partial charge in [-0.15, -0.1) is 0 Å². The SMILES string of the molecule is CCc1ccc(-c2cc3c(CC)cc(C)cc3oc2=O)cc1. The highest BCUT2D eigenvalue weighted by Crippen LogP contribution is 2.25. The maximum atomic E-state index is 12.3. The van der Waals surface area contributed by atoms with E-state index in [0.717, 1.165) is 29.4 Å². The van der Waals surface area contributed by atoms with Crippen LogP contribution in [-0.2, 0) is 12.8 Å². The lowest BCUT2D eigenvalue weighted by Gasteiger charge is -2.08. The van der Waals surface area contributed by atoms with Crippen molar-refractivity contribution in [1.82, 2.24) is 0 Å². The molecule has 0 N–H and O–H groups in total. The summed E-state index contributed by atoms with van der Waals surface area (Å²) in [7, 11) is 0. The topological polar surface area (TPSA) is 30.2 Å². The Hall–Kier alpha value is -2.35.